The molecule has 1 fully saturated rings. The number of ketones is 1. The van der Waals surface area contributed by atoms with Gasteiger partial charge in [0.2, 0.25) is 0 Å². The number of hydrogen-bond acceptors (Lipinski definition) is 4. The quantitative estimate of drug-likeness (QED) is 0.816. The largest absolute Gasteiger partial charge is 0.314 e. The van der Waals surface area contributed by atoms with Gasteiger partial charge in [-0.25, -0.2) is 4.98 Å². The Morgan fingerprint density at radius 2 is 2.64 bits per heavy atom. The lowest BCUT2D eigenvalue weighted by Gasteiger charge is -2.12. The first-order chi connectivity index (χ1) is 6.77. The summed E-state index contributed by atoms with van der Waals surface area (Å²) in [6, 6.07) is 0.336. The van der Waals surface area contributed by atoms with Gasteiger partial charge >= 0.3 is 0 Å². The van der Waals surface area contributed by atoms with E-state index < -0.39 is 0 Å². The molecule has 0 aromatic carbocycles. The Bertz CT molecular complexity index is 310. The highest BCUT2D eigenvalue weighted by atomic mass is 32.1. The molecule has 0 saturated carbocycles. The number of Topliss-reactive ketones (excluding diaryl/α,β-unsaturated/α-hetero) is 1. The molecular weight excluding hydrogens is 196 g/mol. The van der Waals surface area contributed by atoms with Crippen molar-refractivity contribution in [3.8, 4) is 0 Å². The summed E-state index contributed by atoms with van der Waals surface area (Å²) in [6.45, 7) is 3.05. The lowest BCUT2D eigenvalue weighted by molar-refractivity contribution is -0.122. The molecule has 1 saturated heterocycles. The topological polar surface area (TPSA) is 42.0 Å². The van der Waals surface area contributed by atoms with Gasteiger partial charge in [-0.1, -0.05) is 0 Å². The van der Waals surface area contributed by atoms with E-state index in [0.29, 0.717) is 18.2 Å². The van der Waals surface area contributed by atoms with Crippen molar-refractivity contribution in [3.05, 3.63) is 16.6 Å². The Kier molecular flexibility index (Phi) is 2.93. The zero-order chi connectivity index (χ0) is 9.97. The number of nitrogens with one attached hydrogen (secondary N) is 1. The molecule has 2 heterocycles. The molecule has 3 nitrogen and oxygen atoms in total. The number of aromatic nitrogens is 1. The van der Waals surface area contributed by atoms with Gasteiger partial charge in [0.25, 0.3) is 0 Å². The average molecular weight is 210 g/mol. The molecule has 0 spiro atoms. The van der Waals surface area contributed by atoms with Gasteiger partial charge in [0.05, 0.1) is 11.4 Å². The molecule has 14 heavy (non-hydrogen) atoms. The van der Waals surface area contributed by atoms with E-state index in [1.165, 1.54) is 0 Å². The number of carbonyl (C=O) groups is 1. The smallest absolute Gasteiger partial charge is 0.144 e. The van der Waals surface area contributed by atoms with Crippen LogP contribution in [-0.4, -0.2) is 23.4 Å². The molecule has 1 aliphatic rings. The maximum Gasteiger partial charge on any atom is 0.144 e. The predicted molar refractivity (Wildman–Crippen MR) is 56.4 cm³/mol. The van der Waals surface area contributed by atoms with Crippen molar-refractivity contribution in [2.45, 2.75) is 25.8 Å². The number of hydrogen-bond donors (Lipinski definition) is 1. The Balaban J connectivity index is 1.95. The third-order valence-electron chi connectivity index (χ3n) is 2.75. The van der Waals surface area contributed by atoms with Crippen LogP contribution in [0.1, 0.15) is 18.4 Å². The van der Waals surface area contributed by atoms with Gasteiger partial charge in [0.15, 0.2) is 0 Å². The molecule has 0 radical (unpaired) electrons. The Morgan fingerprint density at radius 1 is 1.79 bits per heavy atom. The molecule has 1 aliphatic heterocycles. The standard InChI is InChI=1S/C10H14N2OS/c1-7-8(2-3-11-7)9(13)6-10-12-4-5-14-10/h4-5,7-8,11H,2-3,6H2,1H3. The van der Waals surface area contributed by atoms with E-state index >= 15 is 0 Å². The van der Waals surface area contributed by atoms with Crippen LogP contribution in [0.5, 0.6) is 0 Å². The van der Waals surface area contributed by atoms with E-state index in [1.807, 2.05) is 5.38 Å². The van der Waals surface area contributed by atoms with E-state index in [1.54, 1.807) is 17.5 Å². The summed E-state index contributed by atoms with van der Waals surface area (Å²) in [5.74, 6) is 0.524. The molecule has 76 valence electrons. The minimum Gasteiger partial charge on any atom is -0.314 e. The molecule has 2 atom stereocenters. The zero-order valence-electron chi connectivity index (χ0n) is 8.19. The van der Waals surface area contributed by atoms with Gasteiger partial charge in [0, 0.05) is 23.5 Å². The first-order valence-corrected chi connectivity index (χ1v) is 5.80. The first-order valence-electron chi connectivity index (χ1n) is 4.92. The normalized spacial score (nSPS) is 26.6. The van der Waals surface area contributed by atoms with Gasteiger partial charge in [-0.05, 0) is 19.9 Å². The van der Waals surface area contributed by atoms with Crippen LogP contribution in [0.15, 0.2) is 11.6 Å². The van der Waals surface area contributed by atoms with Crippen LogP contribution in [0.4, 0.5) is 0 Å². The van der Waals surface area contributed by atoms with Crippen molar-refractivity contribution < 1.29 is 4.79 Å². The average Bonchev–Trinajstić information content (AvgIpc) is 2.75. The highest BCUT2D eigenvalue weighted by Gasteiger charge is 2.29. The fraction of sp³-hybridized carbons (Fsp3) is 0.600. The Hall–Kier alpha value is -0.740. The van der Waals surface area contributed by atoms with Gasteiger partial charge in [-0.15, -0.1) is 11.3 Å². The molecular formula is C10H14N2OS. The summed E-state index contributed by atoms with van der Waals surface area (Å²) in [5.41, 5.74) is 0. The van der Waals surface area contributed by atoms with Crippen molar-refractivity contribution in [2.75, 3.05) is 6.54 Å². The fourth-order valence-corrected chi connectivity index (χ4v) is 2.55. The second-order valence-corrected chi connectivity index (χ2v) is 4.69. The second-order valence-electron chi connectivity index (χ2n) is 3.71. The molecule has 1 N–H and O–H groups in total. The summed E-state index contributed by atoms with van der Waals surface area (Å²) in [5, 5.41) is 6.15. The van der Waals surface area contributed by atoms with Crippen molar-refractivity contribution >= 4 is 17.1 Å². The summed E-state index contributed by atoms with van der Waals surface area (Å²) in [7, 11) is 0. The molecule has 0 bridgehead atoms. The van der Waals surface area contributed by atoms with Crippen molar-refractivity contribution in [1.82, 2.24) is 10.3 Å². The van der Waals surface area contributed by atoms with Gasteiger partial charge in [-0.3, -0.25) is 4.79 Å². The Labute approximate surface area is 87.6 Å². The highest BCUT2D eigenvalue weighted by molar-refractivity contribution is 7.09. The van der Waals surface area contributed by atoms with E-state index in [-0.39, 0.29) is 5.92 Å². The molecule has 0 amide bonds. The van der Waals surface area contributed by atoms with Gasteiger partial charge in [-0.2, -0.15) is 0 Å². The van der Waals surface area contributed by atoms with Crippen LogP contribution >= 0.6 is 11.3 Å². The maximum absolute atomic E-state index is 11.8. The van der Waals surface area contributed by atoms with Crippen LogP contribution in [0.3, 0.4) is 0 Å². The van der Waals surface area contributed by atoms with E-state index in [2.05, 4.69) is 17.2 Å². The zero-order valence-corrected chi connectivity index (χ0v) is 9.01. The van der Waals surface area contributed by atoms with Crippen LogP contribution in [0.2, 0.25) is 0 Å². The SMILES string of the molecule is CC1NCCC1C(=O)Cc1nccs1. The number of nitrogens with zero attached hydrogens (tertiary/aromatic N) is 1. The van der Waals surface area contributed by atoms with Crippen LogP contribution in [0.25, 0.3) is 0 Å². The third kappa shape index (κ3) is 2.01. The minimum atomic E-state index is 0.193. The lowest BCUT2D eigenvalue weighted by atomic mass is 9.95. The summed E-state index contributed by atoms with van der Waals surface area (Å²) < 4.78 is 0. The molecule has 2 unspecified atom stereocenters. The molecule has 2 rings (SSSR count). The van der Waals surface area contributed by atoms with Crippen molar-refractivity contribution in [2.24, 2.45) is 5.92 Å². The molecule has 0 aliphatic carbocycles. The molecule has 1 aromatic heterocycles. The summed E-state index contributed by atoms with van der Waals surface area (Å²) in [6.07, 6.45) is 3.24. The fourth-order valence-electron chi connectivity index (χ4n) is 1.92. The Morgan fingerprint density at radius 3 is 3.21 bits per heavy atom. The summed E-state index contributed by atoms with van der Waals surface area (Å²) >= 11 is 1.56. The van der Waals surface area contributed by atoms with E-state index in [4.69, 9.17) is 0 Å². The van der Waals surface area contributed by atoms with Crippen molar-refractivity contribution in [1.29, 1.82) is 0 Å². The molecule has 4 heteroatoms. The van der Waals surface area contributed by atoms with Gasteiger partial charge in [0.1, 0.15) is 5.78 Å². The van der Waals surface area contributed by atoms with Crippen molar-refractivity contribution in [3.63, 3.8) is 0 Å². The second kappa shape index (κ2) is 4.19. The van der Waals surface area contributed by atoms with E-state index in [0.717, 1.165) is 18.0 Å². The number of carbonyl (C=O) groups excluding carboxylic acids is 1. The number of rotatable bonds is 3. The van der Waals surface area contributed by atoms with Gasteiger partial charge < -0.3 is 5.32 Å². The van der Waals surface area contributed by atoms with Crippen LogP contribution in [0, 0.1) is 5.92 Å². The number of thiazole rings is 1. The molecule has 1 aromatic rings. The summed E-state index contributed by atoms with van der Waals surface area (Å²) in [4.78, 5) is 16.0. The first kappa shape index (κ1) is 9.80. The lowest BCUT2D eigenvalue weighted by Crippen LogP contribution is -2.29. The highest BCUT2D eigenvalue weighted by Crippen LogP contribution is 2.18. The maximum atomic E-state index is 11.8. The third-order valence-corrected chi connectivity index (χ3v) is 3.53. The van der Waals surface area contributed by atoms with Crippen LogP contribution < -0.4 is 5.32 Å². The minimum absolute atomic E-state index is 0.193. The predicted octanol–water partition coefficient (Wildman–Crippen LogP) is 1.25. The van der Waals surface area contributed by atoms with E-state index in [9.17, 15) is 4.79 Å². The van der Waals surface area contributed by atoms with Crippen LogP contribution in [-0.2, 0) is 11.2 Å². The monoisotopic (exact) mass is 210 g/mol.